The van der Waals surface area contributed by atoms with Crippen molar-refractivity contribution in [1.82, 2.24) is 10.3 Å². The summed E-state index contributed by atoms with van der Waals surface area (Å²) in [7, 11) is 0. The molecule has 0 bridgehead atoms. The quantitative estimate of drug-likeness (QED) is 0.906. The minimum absolute atomic E-state index is 0.125. The van der Waals surface area contributed by atoms with E-state index in [9.17, 15) is 9.59 Å². The van der Waals surface area contributed by atoms with Crippen molar-refractivity contribution in [3.63, 3.8) is 0 Å². The number of hydrogen-bond acceptors (Lipinski definition) is 2. The highest BCUT2D eigenvalue weighted by Gasteiger charge is 2.14. The van der Waals surface area contributed by atoms with Gasteiger partial charge in [-0.3, -0.25) is 9.59 Å². The zero-order valence-corrected chi connectivity index (χ0v) is 12.8. The molecule has 2 aromatic rings. The molecule has 1 atom stereocenters. The van der Waals surface area contributed by atoms with Crippen molar-refractivity contribution < 1.29 is 4.79 Å². The molecule has 2 rings (SSSR count). The number of H-pyrrole nitrogens is 1. The van der Waals surface area contributed by atoms with Gasteiger partial charge in [0.05, 0.1) is 6.04 Å². The van der Waals surface area contributed by atoms with Gasteiger partial charge in [-0.2, -0.15) is 0 Å². The van der Waals surface area contributed by atoms with Gasteiger partial charge in [-0.25, -0.2) is 0 Å². The molecule has 1 aromatic heterocycles. The minimum atomic E-state index is -0.373. The summed E-state index contributed by atoms with van der Waals surface area (Å²) in [5, 5.41) is 2.82. The highest BCUT2D eigenvalue weighted by atomic mass is 79.9. The number of benzene rings is 1. The Labute approximate surface area is 125 Å². The molecule has 0 spiro atoms. The smallest absolute Gasteiger partial charge is 0.260 e. The molecule has 0 aliphatic heterocycles. The van der Waals surface area contributed by atoms with Crippen molar-refractivity contribution in [3.8, 4) is 0 Å². The third-order valence-electron chi connectivity index (χ3n) is 3.02. The third kappa shape index (κ3) is 3.36. The molecule has 0 saturated carbocycles. The van der Waals surface area contributed by atoms with E-state index in [2.05, 4.69) is 26.2 Å². The Morgan fingerprint density at radius 3 is 2.45 bits per heavy atom. The van der Waals surface area contributed by atoms with E-state index in [0.29, 0.717) is 0 Å². The SMILES string of the molecule is Cc1ccc(C(=O)NC(C)c2ccc(Br)cc2)c(=O)[nH]1. The average Bonchev–Trinajstić information content (AvgIpc) is 2.39. The highest BCUT2D eigenvalue weighted by Crippen LogP contribution is 2.16. The fourth-order valence-electron chi connectivity index (χ4n) is 1.86. The molecular formula is C15H15BrN2O2. The summed E-state index contributed by atoms with van der Waals surface area (Å²) in [6, 6.07) is 10.8. The third-order valence-corrected chi connectivity index (χ3v) is 3.55. The molecule has 1 heterocycles. The number of pyridine rings is 1. The Hall–Kier alpha value is -1.88. The molecule has 104 valence electrons. The largest absolute Gasteiger partial charge is 0.345 e. The van der Waals surface area contributed by atoms with Crippen molar-refractivity contribution in [3.05, 3.63) is 68.0 Å². The van der Waals surface area contributed by atoms with E-state index in [4.69, 9.17) is 0 Å². The van der Waals surface area contributed by atoms with E-state index in [-0.39, 0.29) is 23.1 Å². The van der Waals surface area contributed by atoms with Crippen LogP contribution in [0.5, 0.6) is 0 Å². The molecule has 20 heavy (non-hydrogen) atoms. The van der Waals surface area contributed by atoms with Crippen LogP contribution in [0.2, 0.25) is 0 Å². The van der Waals surface area contributed by atoms with Gasteiger partial charge in [0.15, 0.2) is 0 Å². The number of aromatic nitrogens is 1. The van der Waals surface area contributed by atoms with Crippen molar-refractivity contribution in [2.75, 3.05) is 0 Å². The summed E-state index contributed by atoms with van der Waals surface area (Å²) in [5.41, 5.74) is 1.46. The number of aryl methyl sites for hydroxylation is 1. The van der Waals surface area contributed by atoms with E-state index >= 15 is 0 Å². The monoisotopic (exact) mass is 334 g/mol. The zero-order chi connectivity index (χ0) is 14.7. The van der Waals surface area contributed by atoms with Gasteiger partial charge in [-0.15, -0.1) is 0 Å². The van der Waals surface area contributed by atoms with Gasteiger partial charge in [-0.1, -0.05) is 28.1 Å². The van der Waals surface area contributed by atoms with Crippen LogP contribution in [0, 0.1) is 6.92 Å². The molecule has 4 nitrogen and oxygen atoms in total. The Morgan fingerprint density at radius 1 is 1.20 bits per heavy atom. The predicted molar refractivity (Wildman–Crippen MR) is 81.8 cm³/mol. The maximum absolute atomic E-state index is 12.1. The first-order chi connectivity index (χ1) is 9.47. The minimum Gasteiger partial charge on any atom is -0.345 e. The molecular weight excluding hydrogens is 320 g/mol. The summed E-state index contributed by atoms with van der Waals surface area (Å²) in [6.45, 7) is 3.65. The van der Waals surface area contributed by atoms with Gasteiger partial charge in [0.1, 0.15) is 5.56 Å². The van der Waals surface area contributed by atoms with Gasteiger partial charge < -0.3 is 10.3 Å². The molecule has 0 saturated heterocycles. The van der Waals surface area contributed by atoms with Gasteiger partial charge in [0.2, 0.25) is 0 Å². The fraction of sp³-hybridized carbons (Fsp3) is 0.200. The van der Waals surface area contributed by atoms with Crippen molar-refractivity contribution in [2.45, 2.75) is 19.9 Å². The van der Waals surface area contributed by atoms with E-state index in [1.165, 1.54) is 6.07 Å². The van der Waals surface area contributed by atoms with Crippen molar-refractivity contribution in [2.24, 2.45) is 0 Å². The standard InChI is InChI=1S/C15H15BrN2O2/c1-9-3-8-13(14(19)17-9)15(20)18-10(2)11-4-6-12(16)7-5-11/h3-8,10H,1-2H3,(H,17,19)(H,18,20). The number of nitrogens with one attached hydrogen (secondary N) is 2. The first kappa shape index (κ1) is 14.5. The summed E-state index contributed by atoms with van der Waals surface area (Å²) in [5.74, 6) is -0.373. The number of halogens is 1. The van der Waals surface area contributed by atoms with Crippen LogP contribution in [0.1, 0.15) is 34.6 Å². The van der Waals surface area contributed by atoms with Crippen LogP contribution in [0.3, 0.4) is 0 Å². The van der Waals surface area contributed by atoms with Gasteiger partial charge >= 0.3 is 0 Å². The lowest BCUT2D eigenvalue weighted by atomic mass is 10.1. The van der Waals surface area contributed by atoms with Crippen LogP contribution in [-0.4, -0.2) is 10.9 Å². The summed E-state index contributed by atoms with van der Waals surface area (Å²) in [6.07, 6.45) is 0. The Kier molecular flexibility index (Phi) is 4.39. The van der Waals surface area contributed by atoms with Gasteiger partial charge in [-0.05, 0) is 43.7 Å². The fourth-order valence-corrected chi connectivity index (χ4v) is 2.12. The number of carbonyl (C=O) groups excluding carboxylic acids is 1. The van der Waals surface area contributed by atoms with Crippen LogP contribution in [-0.2, 0) is 0 Å². The normalized spacial score (nSPS) is 11.9. The van der Waals surface area contributed by atoms with Crippen LogP contribution >= 0.6 is 15.9 Å². The predicted octanol–water partition coefficient (Wildman–Crippen LogP) is 2.94. The number of rotatable bonds is 3. The Morgan fingerprint density at radius 2 is 1.85 bits per heavy atom. The van der Waals surface area contributed by atoms with E-state index in [1.54, 1.807) is 13.0 Å². The van der Waals surface area contributed by atoms with Gasteiger partial charge in [0, 0.05) is 10.2 Å². The number of amides is 1. The second-order valence-electron chi connectivity index (χ2n) is 4.63. The first-order valence-corrected chi connectivity index (χ1v) is 7.03. The number of aromatic amines is 1. The first-order valence-electron chi connectivity index (χ1n) is 6.23. The average molecular weight is 335 g/mol. The van der Waals surface area contributed by atoms with Crippen LogP contribution in [0.4, 0.5) is 0 Å². The Balaban J connectivity index is 2.15. The van der Waals surface area contributed by atoms with E-state index in [1.807, 2.05) is 31.2 Å². The van der Waals surface area contributed by atoms with E-state index < -0.39 is 0 Å². The molecule has 1 unspecified atom stereocenters. The highest BCUT2D eigenvalue weighted by molar-refractivity contribution is 9.10. The molecule has 1 amide bonds. The molecule has 1 aromatic carbocycles. The molecule has 0 aliphatic carbocycles. The molecule has 0 fully saturated rings. The van der Waals surface area contributed by atoms with Crippen molar-refractivity contribution in [1.29, 1.82) is 0 Å². The van der Waals surface area contributed by atoms with Crippen LogP contribution < -0.4 is 10.9 Å². The zero-order valence-electron chi connectivity index (χ0n) is 11.2. The maximum atomic E-state index is 12.1. The second-order valence-corrected chi connectivity index (χ2v) is 5.55. The molecule has 5 heteroatoms. The lowest BCUT2D eigenvalue weighted by Gasteiger charge is -2.14. The Bertz CT molecular complexity index is 677. The van der Waals surface area contributed by atoms with Crippen LogP contribution in [0.25, 0.3) is 0 Å². The summed E-state index contributed by atoms with van der Waals surface area (Å²) in [4.78, 5) is 26.4. The summed E-state index contributed by atoms with van der Waals surface area (Å²) >= 11 is 3.37. The topological polar surface area (TPSA) is 62.0 Å². The maximum Gasteiger partial charge on any atom is 0.260 e. The van der Waals surface area contributed by atoms with Crippen molar-refractivity contribution >= 4 is 21.8 Å². The molecule has 2 N–H and O–H groups in total. The lowest BCUT2D eigenvalue weighted by Crippen LogP contribution is -2.31. The molecule has 0 radical (unpaired) electrons. The second kappa shape index (κ2) is 6.05. The van der Waals surface area contributed by atoms with E-state index in [0.717, 1.165) is 15.7 Å². The number of carbonyl (C=O) groups is 1. The number of hydrogen-bond donors (Lipinski definition) is 2. The van der Waals surface area contributed by atoms with Gasteiger partial charge in [0.25, 0.3) is 11.5 Å². The summed E-state index contributed by atoms with van der Waals surface area (Å²) < 4.78 is 0.981. The van der Waals surface area contributed by atoms with Crippen LogP contribution in [0.15, 0.2) is 45.7 Å². The lowest BCUT2D eigenvalue weighted by molar-refractivity contribution is 0.0938. The molecule has 0 aliphatic rings.